The molecule has 1 aliphatic rings. The van der Waals surface area contributed by atoms with E-state index in [2.05, 4.69) is 0 Å². The Hall–Kier alpha value is -2.27. The number of benzene rings is 1. The van der Waals surface area contributed by atoms with E-state index in [1.807, 2.05) is 0 Å². The molecule has 1 aliphatic heterocycles. The van der Waals surface area contributed by atoms with Gasteiger partial charge in [0.25, 0.3) is 0 Å². The van der Waals surface area contributed by atoms with Crippen LogP contribution < -0.4 is 5.30 Å². The zero-order chi connectivity index (χ0) is 20.6. The summed E-state index contributed by atoms with van der Waals surface area (Å²) in [7, 11) is -1.87. The second-order valence-corrected chi connectivity index (χ2v) is 10.4. The van der Waals surface area contributed by atoms with E-state index in [-0.39, 0.29) is 21.8 Å². The monoisotopic (exact) mass is 390 g/mol. The molecule has 0 fully saturated rings. The molecule has 0 bridgehead atoms. The summed E-state index contributed by atoms with van der Waals surface area (Å²) in [6, 6.07) is 8.56. The third-order valence-corrected chi connectivity index (χ3v) is 10.2. The predicted octanol–water partition coefficient (Wildman–Crippen LogP) is 2.87. The molecule has 1 aromatic rings. The van der Waals surface area contributed by atoms with Gasteiger partial charge < -0.3 is 0 Å². The summed E-state index contributed by atoms with van der Waals surface area (Å²) in [5.74, 6) is -1.97. The van der Waals surface area contributed by atoms with E-state index in [4.69, 9.17) is 9.05 Å². The molecule has 0 amide bonds. The molecule has 1 heterocycles. The topological polar surface area (TPSA) is 86.7 Å². The van der Waals surface area contributed by atoms with Gasteiger partial charge in [0.1, 0.15) is 0 Å². The first-order valence-electron chi connectivity index (χ1n) is 8.33. The molecular weight excluding hydrogens is 367 g/mol. The summed E-state index contributed by atoms with van der Waals surface area (Å²) in [6.45, 7) is 5.07. The van der Waals surface area contributed by atoms with Crippen LogP contribution in [-0.4, -0.2) is 37.4 Å². The van der Waals surface area contributed by atoms with Crippen molar-refractivity contribution in [1.82, 2.24) is 0 Å². The molecule has 144 valence electrons. The average molecular weight is 390 g/mol. The number of rotatable bonds is 7. The Balaban J connectivity index is 3.31. The van der Waals surface area contributed by atoms with Crippen molar-refractivity contribution >= 4 is 35.5 Å². The van der Waals surface area contributed by atoms with E-state index < -0.39 is 30.2 Å². The Bertz CT molecular complexity index is 867. The number of ketones is 4. The molecule has 0 radical (unpaired) electrons. The first-order valence-corrected chi connectivity index (χ1v) is 10.4. The first kappa shape index (κ1) is 21.0. The van der Waals surface area contributed by atoms with Crippen LogP contribution in [-0.2, 0) is 28.2 Å². The van der Waals surface area contributed by atoms with Crippen molar-refractivity contribution in [3.63, 3.8) is 0 Å². The zero-order valence-electron chi connectivity index (χ0n) is 16.3. The van der Waals surface area contributed by atoms with Crippen molar-refractivity contribution in [2.75, 3.05) is 14.2 Å². The molecule has 0 aliphatic carbocycles. The van der Waals surface area contributed by atoms with Crippen molar-refractivity contribution in [3.05, 3.63) is 52.1 Å². The van der Waals surface area contributed by atoms with E-state index in [9.17, 15) is 19.2 Å². The van der Waals surface area contributed by atoms with Gasteiger partial charge in [0.2, 0.25) is 0 Å². The molecule has 27 heavy (non-hydrogen) atoms. The van der Waals surface area contributed by atoms with E-state index in [1.54, 1.807) is 30.3 Å². The van der Waals surface area contributed by atoms with Gasteiger partial charge in [0.15, 0.2) is 0 Å². The van der Waals surface area contributed by atoms with Gasteiger partial charge in [-0.15, -0.1) is 0 Å². The fourth-order valence-corrected chi connectivity index (χ4v) is 9.22. The molecule has 0 saturated heterocycles. The number of carbonyl (C=O) groups excluding carboxylic acids is 4. The van der Waals surface area contributed by atoms with Crippen LogP contribution in [0.2, 0.25) is 0 Å². The third-order valence-electron chi connectivity index (χ3n) is 4.83. The van der Waals surface area contributed by atoms with Gasteiger partial charge in [-0.2, -0.15) is 0 Å². The van der Waals surface area contributed by atoms with E-state index in [0.29, 0.717) is 5.30 Å². The van der Waals surface area contributed by atoms with E-state index >= 15 is 0 Å². The summed E-state index contributed by atoms with van der Waals surface area (Å²) >= 11 is 0. The van der Waals surface area contributed by atoms with Crippen LogP contribution in [0.25, 0.3) is 0 Å². The van der Waals surface area contributed by atoms with Gasteiger partial charge >= 0.3 is 158 Å². The second kappa shape index (κ2) is 7.04. The molecule has 7 heteroatoms. The predicted molar refractivity (Wildman–Crippen MR) is 104 cm³/mol. The fourth-order valence-electron chi connectivity index (χ4n) is 3.97. The summed E-state index contributed by atoms with van der Waals surface area (Å²) < 4.78 is 12.0. The molecule has 0 saturated carbocycles. The quantitative estimate of drug-likeness (QED) is 0.666. The average Bonchev–Trinajstić information content (AvgIpc) is 2.92. The summed E-state index contributed by atoms with van der Waals surface area (Å²) in [5.41, 5.74) is -0.184. The Labute approximate surface area is 158 Å². The van der Waals surface area contributed by atoms with Crippen LogP contribution in [0.5, 0.6) is 0 Å². The second-order valence-electron chi connectivity index (χ2n) is 6.33. The summed E-state index contributed by atoms with van der Waals surface area (Å²) in [5, 5.41) is 0.360. The number of hydrogen-bond donors (Lipinski definition) is 0. The SMILES string of the molecule is COP1(OC)(c2ccccc2)C(C(C)=O)=C(C(C)=O)C(C(C)=O)=C1C(C)=O. The Morgan fingerprint density at radius 3 is 1.30 bits per heavy atom. The van der Waals surface area contributed by atoms with Crippen LogP contribution in [0.4, 0.5) is 0 Å². The fraction of sp³-hybridized carbons (Fsp3) is 0.300. The molecular formula is C20H23O6P. The first-order chi connectivity index (χ1) is 12.6. The van der Waals surface area contributed by atoms with Crippen LogP contribution in [0, 0.1) is 0 Å². The number of hydrogen-bond acceptors (Lipinski definition) is 6. The molecule has 0 aromatic heterocycles. The van der Waals surface area contributed by atoms with Gasteiger partial charge in [-0.1, -0.05) is 0 Å². The Kier molecular flexibility index (Phi) is 5.48. The van der Waals surface area contributed by atoms with Crippen LogP contribution in [0.1, 0.15) is 27.7 Å². The molecule has 2 rings (SSSR count). The summed E-state index contributed by atoms with van der Waals surface area (Å²) in [6.07, 6.45) is 0. The zero-order valence-corrected chi connectivity index (χ0v) is 17.2. The van der Waals surface area contributed by atoms with Crippen LogP contribution in [0.3, 0.4) is 0 Å². The summed E-state index contributed by atoms with van der Waals surface area (Å²) in [4.78, 5) is 50.7. The minimum absolute atomic E-state index is 0.0416. The van der Waals surface area contributed by atoms with Gasteiger partial charge in [-0.05, 0) is 0 Å². The third kappa shape index (κ3) is 2.59. The van der Waals surface area contributed by atoms with Crippen molar-refractivity contribution in [2.24, 2.45) is 0 Å². The Morgan fingerprint density at radius 2 is 1.04 bits per heavy atom. The molecule has 1 aromatic carbocycles. The van der Waals surface area contributed by atoms with Gasteiger partial charge in [-0.3, -0.25) is 0 Å². The maximum atomic E-state index is 12.8. The maximum absolute atomic E-state index is 12.8. The molecule has 0 N–H and O–H groups in total. The molecule has 0 spiro atoms. The van der Waals surface area contributed by atoms with Gasteiger partial charge in [0, 0.05) is 0 Å². The normalized spacial score (nSPS) is 19.4. The van der Waals surface area contributed by atoms with Crippen LogP contribution in [0.15, 0.2) is 52.1 Å². The number of carbonyl (C=O) groups is 4. The van der Waals surface area contributed by atoms with Crippen molar-refractivity contribution in [1.29, 1.82) is 0 Å². The van der Waals surface area contributed by atoms with Crippen molar-refractivity contribution in [2.45, 2.75) is 27.7 Å². The van der Waals surface area contributed by atoms with Gasteiger partial charge in [0.05, 0.1) is 0 Å². The van der Waals surface area contributed by atoms with Crippen LogP contribution >= 0.6 is 7.06 Å². The molecule has 6 nitrogen and oxygen atoms in total. The Morgan fingerprint density at radius 1 is 0.667 bits per heavy atom. The number of Topliss-reactive ketones (excluding diaryl/α,β-unsaturated/α-hetero) is 4. The van der Waals surface area contributed by atoms with Crippen molar-refractivity contribution < 1.29 is 28.2 Å². The number of allylic oxidation sites excluding steroid dienone is 4. The minimum atomic E-state index is -4.54. The standard InChI is InChI=1S/C20H23O6P/c1-12(21)17-18(13(2)22)20(15(4)24)27(25-5,26-6,19(17)14(3)23)16-10-8-7-9-11-16/h7-11H,1-6H3. The van der Waals surface area contributed by atoms with Gasteiger partial charge in [-0.25, -0.2) is 0 Å². The van der Waals surface area contributed by atoms with E-state index in [1.165, 1.54) is 41.9 Å². The molecule has 0 atom stereocenters. The van der Waals surface area contributed by atoms with Crippen molar-refractivity contribution in [3.8, 4) is 0 Å². The van der Waals surface area contributed by atoms with E-state index in [0.717, 1.165) is 0 Å². The molecule has 0 unspecified atom stereocenters.